The van der Waals surface area contributed by atoms with Crippen LogP contribution in [-0.4, -0.2) is 29.5 Å². The maximum Gasteiger partial charge on any atom is 0.188 e. The molecule has 156 valence electrons. The van der Waals surface area contributed by atoms with E-state index >= 15 is 0 Å². The van der Waals surface area contributed by atoms with Gasteiger partial charge in [-0.15, -0.1) is 0 Å². The summed E-state index contributed by atoms with van der Waals surface area (Å²) in [5.41, 5.74) is 1.31. The van der Waals surface area contributed by atoms with Gasteiger partial charge in [-0.25, -0.2) is 0 Å². The summed E-state index contributed by atoms with van der Waals surface area (Å²) in [6.07, 6.45) is 7.49. The molecule has 0 spiro atoms. The van der Waals surface area contributed by atoms with E-state index in [1.54, 1.807) is 6.07 Å². The van der Waals surface area contributed by atoms with Crippen molar-refractivity contribution in [3.05, 3.63) is 53.0 Å². The molecule has 2 atom stereocenters. The van der Waals surface area contributed by atoms with Crippen LogP contribution < -0.4 is 14.5 Å². The Labute approximate surface area is 175 Å². The van der Waals surface area contributed by atoms with Crippen molar-refractivity contribution in [1.29, 1.82) is 5.26 Å². The second-order valence-electron chi connectivity index (χ2n) is 7.66. The van der Waals surface area contributed by atoms with Gasteiger partial charge < -0.3 is 19.7 Å². The lowest BCUT2D eigenvalue weighted by Gasteiger charge is -2.36. The zero-order valence-corrected chi connectivity index (χ0v) is 16.9. The number of ether oxygens (including phenoxy) is 2. The third kappa shape index (κ3) is 3.71. The Hall–Kier alpha value is -3.11. The van der Waals surface area contributed by atoms with Gasteiger partial charge in [0.1, 0.15) is 0 Å². The Morgan fingerprint density at radius 1 is 1.30 bits per heavy atom. The van der Waals surface area contributed by atoms with E-state index in [2.05, 4.69) is 11.1 Å². The average Bonchev–Trinajstić information content (AvgIpc) is 3.35. The smallest absolute Gasteiger partial charge is 0.188 e. The molecule has 2 aliphatic rings. The first-order chi connectivity index (χ1) is 14.6. The number of anilines is 1. The molecule has 7 nitrogen and oxygen atoms in total. The lowest BCUT2D eigenvalue weighted by molar-refractivity contribution is 0.0961. The summed E-state index contributed by atoms with van der Waals surface area (Å²) in [5, 5.41) is 23.0. The lowest BCUT2D eigenvalue weighted by atomic mass is 9.86. The Morgan fingerprint density at radius 3 is 2.80 bits per heavy atom. The molecule has 1 aromatic heterocycles. The maximum absolute atomic E-state index is 13.0. The standard InChI is InChI=1S/C23H24N3O4/c1-2-29-21-13-15(7-8-20(21)30-16-5-3-4-6-16)17(9-11-24)22-23(27)18-14-25-12-10-19(18)26(22)28/h7-8,10,12-14,16-17,22H,2-6,9H2,1H3/q-1. The van der Waals surface area contributed by atoms with Crippen molar-refractivity contribution < 1.29 is 14.3 Å². The fourth-order valence-corrected chi connectivity index (χ4v) is 4.35. The number of pyridine rings is 1. The number of rotatable bonds is 7. The highest BCUT2D eigenvalue weighted by molar-refractivity contribution is 6.11. The number of carbonyl (C=O) groups is 1. The molecule has 30 heavy (non-hydrogen) atoms. The summed E-state index contributed by atoms with van der Waals surface area (Å²) in [6.45, 7) is 2.35. The zero-order valence-electron chi connectivity index (χ0n) is 16.9. The Bertz CT molecular complexity index is 965. The first-order valence-corrected chi connectivity index (χ1v) is 10.4. The number of benzene rings is 1. The van der Waals surface area contributed by atoms with E-state index in [0.29, 0.717) is 40.0 Å². The minimum atomic E-state index is -1.00. The predicted molar refractivity (Wildman–Crippen MR) is 112 cm³/mol. The SMILES string of the molecule is CCOc1cc(C(CC#N)C2C(=O)c3cnccc3N2[O-])ccc1OC1CCCC1. The molecule has 1 aromatic carbocycles. The fraction of sp³-hybridized carbons (Fsp3) is 0.435. The molecule has 0 saturated heterocycles. The summed E-state index contributed by atoms with van der Waals surface area (Å²) in [7, 11) is 0. The Morgan fingerprint density at radius 2 is 2.10 bits per heavy atom. The number of hydrogen-bond acceptors (Lipinski definition) is 7. The number of aromatic nitrogens is 1. The summed E-state index contributed by atoms with van der Waals surface area (Å²) < 4.78 is 11.9. The summed E-state index contributed by atoms with van der Waals surface area (Å²) >= 11 is 0. The molecule has 1 aliphatic carbocycles. The van der Waals surface area contributed by atoms with Crippen LogP contribution in [0.5, 0.6) is 11.5 Å². The van der Waals surface area contributed by atoms with Crippen molar-refractivity contribution in [3.63, 3.8) is 0 Å². The molecule has 1 aliphatic heterocycles. The van der Waals surface area contributed by atoms with E-state index in [1.165, 1.54) is 18.5 Å². The van der Waals surface area contributed by atoms with Gasteiger partial charge >= 0.3 is 0 Å². The average molecular weight is 406 g/mol. The van der Waals surface area contributed by atoms with Gasteiger partial charge in [0.05, 0.1) is 30.4 Å². The molecule has 0 N–H and O–H groups in total. The monoisotopic (exact) mass is 406 g/mol. The van der Waals surface area contributed by atoms with E-state index in [4.69, 9.17) is 9.47 Å². The van der Waals surface area contributed by atoms with Crippen molar-refractivity contribution >= 4 is 11.5 Å². The molecule has 0 amide bonds. The van der Waals surface area contributed by atoms with E-state index in [9.17, 15) is 15.3 Å². The predicted octanol–water partition coefficient (Wildman–Crippen LogP) is 4.37. The van der Waals surface area contributed by atoms with Crippen LogP contribution in [0.25, 0.3) is 0 Å². The molecule has 0 bridgehead atoms. The van der Waals surface area contributed by atoms with Crippen LogP contribution in [0.15, 0.2) is 36.7 Å². The van der Waals surface area contributed by atoms with Crippen LogP contribution in [0.2, 0.25) is 0 Å². The number of nitriles is 1. The van der Waals surface area contributed by atoms with Crippen molar-refractivity contribution in [2.45, 2.75) is 57.1 Å². The molecule has 1 fully saturated rings. The van der Waals surface area contributed by atoms with E-state index in [1.807, 2.05) is 19.1 Å². The topological polar surface area (TPSA) is 98.5 Å². The number of carbonyl (C=O) groups excluding carboxylic acids is 1. The van der Waals surface area contributed by atoms with Crippen molar-refractivity contribution in [2.75, 3.05) is 11.7 Å². The molecule has 2 unspecified atom stereocenters. The quantitative estimate of drug-likeness (QED) is 0.673. The molecule has 0 radical (unpaired) electrons. The Balaban J connectivity index is 1.66. The van der Waals surface area contributed by atoms with Gasteiger partial charge in [0.25, 0.3) is 0 Å². The van der Waals surface area contributed by atoms with Gasteiger partial charge in [0.2, 0.25) is 0 Å². The van der Waals surface area contributed by atoms with Crippen LogP contribution in [0, 0.1) is 16.5 Å². The number of fused-ring (bicyclic) bond motifs is 1. The number of nitrogens with zero attached hydrogens (tertiary/aromatic N) is 3. The summed E-state index contributed by atoms with van der Waals surface area (Å²) in [6, 6.07) is 8.13. The van der Waals surface area contributed by atoms with E-state index < -0.39 is 12.0 Å². The van der Waals surface area contributed by atoms with Gasteiger partial charge in [0, 0.05) is 30.4 Å². The second-order valence-corrected chi connectivity index (χ2v) is 7.66. The van der Waals surface area contributed by atoms with Gasteiger partial charge in [-0.1, -0.05) is 6.07 Å². The number of Topliss-reactive ketones (excluding diaryl/α,β-unsaturated/α-hetero) is 1. The normalized spacial score (nSPS) is 19.4. The fourth-order valence-electron chi connectivity index (χ4n) is 4.35. The number of hydrogen-bond donors (Lipinski definition) is 0. The third-order valence-electron chi connectivity index (χ3n) is 5.81. The van der Waals surface area contributed by atoms with Crippen molar-refractivity contribution in [3.8, 4) is 17.6 Å². The first-order valence-electron chi connectivity index (χ1n) is 10.4. The number of ketones is 1. The highest BCUT2D eigenvalue weighted by Gasteiger charge is 2.39. The molecular formula is C23H24N3O4-. The molecular weight excluding hydrogens is 382 g/mol. The zero-order chi connectivity index (χ0) is 21.1. The maximum atomic E-state index is 13.0. The van der Waals surface area contributed by atoms with Gasteiger partial charge in [0.15, 0.2) is 17.3 Å². The van der Waals surface area contributed by atoms with Crippen LogP contribution in [-0.2, 0) is 0 Å². The van der Waals surface area contributed by atoms with Crippen LogP contribution in [0.1, 0.15) is 60.9 Å². The molecule has 2 heterocycles. The van der Waals surface area contributed by atoms with Crippen molar-refractivity contribution in [2.24, 2.45) is 0 Å². The molecule has 4 rings (SSSR count). The third-order valence-corrected chi connectivity index (χ3v) is 5.81. The van der Waals surface area contributed by atoms with Crippen molar-refractivity contribution in [1.82, 2.24) is 4.98 Å². The minimum Gasteiger partial charge on any atom is -0.758 e. The minimum absolute atomic E-state index is 0.0327. The van der Waals surface area contributed by atoms with Crippen LogP contribution in [0.3, 0.4) is 0 Å². The lowest BCUT2D eigenvalue weighted by Crippen LogP contribution is -2.36. The summed E-state index contributed by atoms with van der Waals surface area (Å²) in [4.78, 5) is 16.9. The van der Waals surface area contributed by atoms with Crippen LogP contribution >= 0.6 is 0 Å². The largest absolute Gasteiger partial charge is 0.758 e. The highest BCUT2D eigenvalue weighted by Crippen LogP contribution is 2.41. The van der Waals surface area contributed by atoms with Gasteiger partial charge in [-0.3, -0.25) is 9.78 Å². The number of hydroxylamine groups is 1. The van der Waals surface area contributed by atoms with Crippen LogP contribution in [0.4, 0.5) is 5.69 Å². The Kier molecular flexibility index (Phi) is 5.86. The van der Waals surface area contributed by atoms with Gasteiger partial charge in [-0.05, 0) is 56.4 Å². The van der Waals surface area contributed by atoms with E-state index in [-0.39, 0.29) is 18.3 Å². The first kappa shape index (κ1) is 20.2. The summed E-state index contributed by atoms with van der Waals surface area (Å²) in [5.74, 6) is 0.337. The molecule has 2 aromatic rings. The van der Waals surface area contributed by atoms with Gasteiger partial charge in [-0.2, -0.15) is 5.26 Å². The highest BCUT2D eigenvalue weighted by atomic mass is 16.5. The van der Waals surface area contributed by atoms with E-state index in [0.717, 1.165) is 25.7 Å². The second kappa shape index (κ2) is 8.72. The molecule has 1 saturated carbocycles. The molecule has 7 heteroatoms.